The number of fused-ring (bicyclic) bond motifs is 1. The molecule has 1 N–H and O–H groups in total. The van der Waals surface area contributed by atoms with Gasteiger partial charge in [-0.3, -0.25) is 0 Å². The van der Waals surface area contributed by atoms with E-state index in [1.165, 1.54) is 12.0 Å². The van der Waals surface area contributed by atoms with Crippen molar-refractivity contribution in [1.29, 1.82) is 0 Å². The predicted octanol–water partition coefficient (Wildman–Crippen LogP) is 6.64. The summed E-state index contributed by atoms with van der Waals surface area (Å²) in [6.07, 6.45) is 6.75. The maximum Gasteiger partial charge on any atom is 0.124 e. The molecule has 0 spiro atoms. The number of thioether (sulfide) groups is 1. The van der Waals surface area contributed by atoms with Gasteiger partial charge in [0.25, 0.3) is 0 Å². The summed E-state index contributed by atoms with van der Waals surface area (Å²) in [5, 5.41) is 1.65. The Labute approximate surface area is 167 Å². The monoisotopic (exact) mass is 409 g/mol. The lowest BCUT2D eigenvalue weighted by atomic mass is 9.88. The molecule has 0 aliphatic heterocycles. The molecule has 138 valence electrons. The van der Waals surface area contributed by atoms with Gasteiger partial charge in [0.15, 0.2) is 0 Å². The van der Waals surface area contributed by atoms with E-state index in [2.05, 4.69) is 4.98 Å². The zero-order valence-corrected chi connectivity index (χ0v) is 17.1. The molecule has 1 heterocycles. The third-order valence-corrected chi connectivity index (χ3v) is 5.68. The van der Waals surface area contributed by atoms with E-state index >= 15 is 0 Å². The van der Waals surface area contributed by atoms with Crippen molar-refractivity contribution in [3.05, 3.63) is 70.1 Å². The van der Waals surface area contributed by atoms with Crippen molar-refractivity contribution >= 4 is 46.3 Å². The molecule has 1 aromatic heterocycles. The summed E-state index contributed by atoms with van der Waals surface area (Å²) >= 11 is 9.10. The molecule has 0 saturated heterocycles. The number of halogens is 2. The zero-order valence-electron chi connectivity index (χ0n) is 14.7. The largest absolute Gasteiger partial charge is 0.361 e. The van der Waals surface area contributed by atoms with E-state index in [0.29, 0.717) is 11.6 Å². The van der Waals surface area contributed by atoms with Crippen LogP contribution in [0.25, 0.3) is 10.9 Å². The maximum absolute atomic E-state index is 14.2. The molecule has 0 aliphatic rings. The minimum atomic E-state index is -0.197. The van der Waals surface area contributed by atoms with E-state index in [1.807, 2.05) is 43.0 Å². The molecule has 0 fully saturated rings. The predicted molar refractivity (Wildman–Crippen MR) is 113 cm³/mol. The first-order chi connectivity index (χ1) is 12.6. The number of H-pyrrole nitrogens is 1. The molecule has 26 heavy (non-hydrogen) atoms. The van der Waals surface area contributed by atoms with E-state index in [-0.39, 0.29) is 11.7 Å². The van der Waals surface area contributed by atoms with Crippen LogP contribution in [0.3, 0.4) is 0 Å². The van der Waals surface area contributed by atoms with Crippen molar-refractivity contribution in [1.82, 2.24) is 4.98 Å². The highest BCUT2D eigenvalue weighted by Crippen LogP contribution is 2.36. The van der Waals surface area contributed by atoms with Crippen molar-refractivity contribution in [3.63, 3.8) is 0 Å². The molecule has 3 rings (SSSR count). The standard InChI is InChI=1S/C20H21ClFNOS2/c1-25-12-14-9-16(22)10-18-19(11-23-20(14)18)17(7-8-24-26-2)13-3-5-15(21)6-4-13/h3-6,9-11,17,23H,7-8,12H2,1-2H3. The summed E-state index contributed by atoms with van der Waals surface area (Å²) < 4.78 is 19.7. The quantitative estimate of drug-likeness (QED) is 0.333. The Balaban J connectivity index is 2.06. The van der Waals surface area contributed by atoms with Crippen LogP contribution in [0, 0.1) is 5.82 Å². The molecule has 0 bridgehead atoms. The van der Waals surface area contributed by atoms with E-state index < -0.39 is 0 Å². The number of hydrogen-bond acceptors (Lipinski definition) is 3. The summed E-state index contributed by atoms with van der Waals surface area (Å²) in [6, 6.07) is 11.1. The Bertz CT molecular complexity index is 866. The zero-order chi connectivity index (χ0) is 18.5. The molecule has 3 aromatic rings. The van der Waals surface area contributed by atoms with Gasteiger partial charge < -0.3 is 9.17 Å². The average Bonchev–Trinajstić information content (AvgIpc) is 3.04. The van der Waals surface area contributed by atoms with Gasteiger partial charge in [0, 0.05) is 40.0 Å². The van der Waals surface area contributed by atoms with Crippen LogP contribution >= 0.6 is 35.4 Å². The second-order valence-electron chi connectivity index (χ2n) is 6.05. The topological polar surface area (TPSA) is 25.0 Å². The number of nitrogens with one attached hydrogen (secondary N) is 1. The highest BCUT2D eigenvalue weighted by Gasteiger charge is 2.20. The summed E-state index contributed by atoms with van der Waals surface area (Å²) in [5.74, 6) is 0.685. The fourth-order valence-electron chi connectivity index (χ4n) is 3.29. The second-order valence-corrected chi connectivity index (χ2v) is 7.92. The SMILES string of the molecule is CSCc1cc(F)cc2c(C(CCOSC)c3ccc(Cl)cc3)c[nH]c12. The molecule has 0 amide bonds. The number of hydrogen-bond donors (Lipinski definition) is 1. The number of rotatable bonds is 8. The van der Waals surface area contributed by atoms with Crippen LogP contribution in [0.5, 0.6) is 0 Å². The Morgan fingerprint density at radius 1 is 1.19 bits per heavy atom. The summed E-state index contributed by atoms with van der Waals surface area (Å²) in [7, 11) is 0. The van der Waals surface area contributed by atoms with Crippen LogP contribution in [0.15, 0.2) is 42.6 Å². The normalized spacial score (nSPS) is 12.6. The molecule has 0 saturated carbocycles. The molecule has 0 aliphatic carbocycles. The highest BCUT2D eigenvalue weighted by atomic mass is 35.5. The minimum Gasteiger partial charge on any atom is -0.361 e. The summed E-state index contributed by atoms with van der Waals surface area (Å²) in [6.45, 7) is 0.619. The Hall–Kier alpha value is -1.14. The summed E-state index contributed by atoms with van der Waals surface area (Å²) in [5.41, 5.74) is 4.25. The van der Waals surface area contributed by atoms with Crippen molar-refractivity contribution in [2.24, 2.45) is 0 Å². The van der Waals surface area contributed by atoms with Crippen molar-refractivity contribution in [2.75, 3.05) is 19.1 Å². The van der Waals surface area contributed by atoms with E-state index in [9.17, 15) is 4.39 Å². The van der Waals surface area contributed by atoms with Gasteiger partial charge in [0.1, 0.15) is 5.82 Å². The fourth-order valence-corrected chi connectivity index (χ4v) is 4.22. The second kappa shape index (κ2) is 9.18. The summed E-state index contributed by atoms with van der Waals surface area (Å²) in [4.78, 5) is 3.37. The van der Waals surface area contributed by atoms with E-state index in [1.54, 1.807) is 23.9 Å². The van der Waals surface area contributed by atoms with Crippen molar-refractivity contribution in [2.45, 2.75) is 18.1 Å². The van der Waals surface area contributed by atoms with Crippen LogP contribution in [0.4, 0.5) is 4.39 Å². The van der Waals surface area contributed by atoms with Gasteiger partial charge >= 0.3 is 0 Å². The Morgan fingerprint density at radius 2 is 1.96 bits per heavy atom. The van der Waals surface area contributed by atoms with Gasteiger partial charge in [-0.05, 0) is 65.7 Å². The van der Waals surface area contributed by atoms with Crippen LogP contribution in [-0.4, -0.2) is 24.1 Å². The van der Waals surface area contributed by atoms with Gasteiger partial charge in [-0.2, -0.15) is 11.8 Å². The molecule has 0 radical (unpaired) electrons. The van der Waals surface area contributed by atoms with E-state index in [0.717, 1.165) is 39.8 Å². The molecule has 2 aromatic carbocycles. The van der Waals surface area contributed by atoms with Crippen LogP contribution in [-0.2, 0) is 9.94 Å². The third kappa shape index (κ3) is 4.39. The van der Waals surface area contributed by atoms with Crippen molar-refractivity contribution in [3.8, 4) is 0 Å². The maximum atomic E-state index is 14.2. The Morgan fingerprint density at radius 3 is 2.65 bits per heavy atom. The van der Waals surface area contributed by atoms with Crippen LogP contribution < -0.4 is 0 Å². The van der Waals surface area contributed by atoms with Crippen LogP contribution in [0.1, 0.15) is 29.0 Å². The first-order valence-electron chi connectivity index (χ1n) is 8.33. The molecular weight excluding hydrogens is 389 g/mol. The van der Waals surface area contributed by atoms with Gasteiger partial charge in [0.2, 0.25) is 0 Å². The lowest BCUT2D eigenvalue weighted by Gasteiger charge is -2.17. The van der Waals surface area contributed by atoms with Crippen molar-refractivity contribution < 1.29 is 8.57 Å². The molecule has 6 heteroatoms. The molecule has 1 unspecified atom stereocenters. The number of benzene rings is 2. The first-order valence-corrected chi connectivity index (χ1v) is 11.3. The van der Waals surface area contributed by atoms with E-state index in [4.69, 9.17) is 15.8 Å². The van der Waals surface area contributed by atoms with Gasteiger partial charge in [-0.1, -0.05) is 23.7 Å². The smallest absolute Gasteiger partial charge is 0.124 e. The number of aromatic nitrogens is 1. The Kier molecular flexibility index (Phi) is 6.92. The fraction of sp³-hybridized carbons (Fsp3) is 0.300. The van der Waals surface area contributed by atoms with Gasteiger partial charge in [-0.15, -0.1) is 0 Å². The molecule has 2 nitrogen and oxygen atoms in total. The third-order valence-electron chi connectivity index (χ3n) is 4.42. The minimum absolute atomic E-state index is 0.108. The lowest BCUT2D eigenvalue weighted by Crippen LogP contribution is -2.04. The first kappa shape index (κ1) is 19.6. The van der Waals surface area contributed by atoms with Crippen LogP contribution in [0.2, 0.25) is 5.02 Å². The van der Waals surface area contributed by atoms with Gasteiger partial charge in [0.05, 0.1) is 6.61 Å². The number of aromatic amines is 1. The highest BCUT2D eigenvalue weighted by molar-refractivity contribution is 7.97. The average molecular weight is 410 g/mol. The lowest BCUT2D eigenvalue weighted by molar-refractivity contribution is 0.357. The molecule has 1 atom stereocenters. The molecular formula is C20H21ClFNOS2. The van der Waals surface area contributed by atoms with Gasteiger partial charge in [-0.25, -0.2) is 4.39 Å².